The van der Waals surface area contributed by atoms with E-state index in [1.807, 2.05) is 0 Å². The van der Waals surface area contributed by atoms with Crippen molar-refractivity contribution >= 4 is 10.0 Å². The normalized spacial score (nSPS) is 15.8. The lowest BCUT2D eigenvalue weighted by atomic mass is 9.66. The van der Waals surface area contributed by atoms with E-state index in [4.69, 9.17) is 5.73 Å². The van der Waals surface area contributed by atoms with Gasteiger partial charge < -0.3 is 16.4 Å². The van der Waals surface area contributed by atoms with Gasteiger partial charge in [-0.25, -0.2) is 13.1 Å². The molecule has 0 heterocycles. The minimum atomic E-state index is -3.19. The first-order chi connectivity index (χ1) is 16.2. The van der Waals surface area contributed by atoms with Gasteiger partial charge in [-0.15, -0.1) is 0 Å². The second kappa shape index (κ2) is 19.9. The van der Waals surface area contributed by atoms with E-state index in [9.17, 15) is 8.42 Å². The van der Waals surface area contributed by atoms with Crippen molar-refractivity contribution in [3.8, 4) is 0 Å². The smallest absolute Gasteiger partial charge is 0.211 e. The minimum absolute atomic E-state index is 0.219. The van der Waals surface area contributed by atoms with E-state index >= 15 is 0 Å². The summed E-state index contributed by atoms with van der Waals surface area (Å²) < 4.78 is 27.7. The van der Waals surface area contributed by atoms with E-state index in [1.165, 1.54) is 38.5 Å². The summed E-state index contributed by atoms with van der Waals surface area (Å²) in [6.07, 6.45) is 14.5. The molecule has 0 aliphatic heterocycles. The molecule has 0 aliphatic carbocycles. The lowest BCUT2D eigenvalue weighted by molar-refractivity contribution is 0.125. The van der Waals surface area contributed by atoms with Gasteiger partial charge in [-0.05, 0) is 94.9 Å². The fraction of sp³-hybridized carbons (Fsp3) is 1.00. The zero-order valence-electron chi connectivity index (χ0n) is 23.4. The second-order valence-corrected chi connectivity index (χ2v) is 12.9. The molecule has 0 saturated carbocycles. The summed E-state index contributed by atoms with van der Waals surface area (Å²) in [6, 6.07) is 0. The molecule has 0 aliphatic rings. The van der Waals surface area contributed by atoms with Crippen molar-refractivity contribution in [3.05, 3.63) is 0 Å². The monoisotopic (exact) mass is 504 g/mol. The van der Waals surface area contributed by atoms with E-state index < -0.39 is 10.0 Å². The summed E-state index contributed by atoms with van der Waals surface area (Å²) in [5.74, 6) is 0.242. The van der Waals surface area contributed by atoms with Crippen LogP contribution < -0.4 is 21.1 Å². The van der Waals surface area contributed by atoms with Gasteiger partial charge in [0.15, 0.2) is 0 Å². The van der Waals surface area contributed by atoms with E-state index in [-0.39, 0.29) is 11.2 Å². The Morgan fingerprint density at radius 2 is 1.21 bits per heavy atom. The summed E-state index contributed by atoms with van der Waals surface area (Å²) in [7, 11) is -3.19. The highest BCUT2D eigenvalue weighted by Gasteiger charge is 2.32. The third kappa shape index (κ3) is 18.1. The quantitative estimate of drug-likeness (QED) is 0.128. The van der Waals surface area contributed by atoms with Gasteiger partial charge in [0.25, 0.3) is 0 Å². The maximum atomic E-state index is 12.5. The Hall–Kier alpha value is -0.210. The van der Waals surface area contributed by atoms with Crippen LogP contribution in [0.1, 0.15) is 118 Å². The number of rotatable bonds is 25. The Morgan fingerprint density at radius 3 is 1.74 bits per heavy atom. The molecule has 5 N–H and O–H groups in total. The third-order valence-electron chi connectivity index (χ3n) is 7.51. The van der Waals surface area contributed by atoms with Crippen LogP contribution in [0, 0.1) is 10.8 Å². The van der Waals surface area contributed by atoms with Gasteiger partial charge in [-0.2, -0.15) is 0 Å². The average molecular weight is 505 g/mol. The first kappa shape index (κ1) is 33.8. The zero-order chi connectivity index (χ0) is 25.8. The fourth-order valence-corrected chi connectivity index (χ4v) is 5.92. The minimum Gasteiger partial charge on any atom is -0.330 e. The maximum Gasteiger partial charge on any atom is 0.211 e. The van der Waals surface area contributed by atoms with Crippen LogP contribution in [0.4, 0.5) is 0 Å². The van der Waals surface area contributed by atoms with Gasteiger partial charge in [0.05, 0.1) is 5.75 Å². The molecule has 0 rings (SSSR count). The highest BCUT2D eigenvalue weighted by molar-refractivity contribution is 7.89. The molecule has 6 nitrogen and oxygen atoms in total. The van der Waals surface area contributed by atoms with Crippen molar-refractivity contribution in [1.82, 2.24) is 15.4 Å². The summed E-state index contributed by atoms with van der Waals surface area (Å²) in [4.78, 5) is 0. The Morgan fingerprint density at radius 1 is 0.676 bits per heavy atom. The molecule has 0 aromatic heterocycles. The molecule has 34 heavy (non-hydrogen) atoms. The predicted molar refractivity (Wildman–Crippen MR) is 150 cm³/mol. The molecule has 2 atom stereocenters. The number of sulfonamides is 1. The lowest BCUT2D eigenvalue weighted by Crippen LogP contribution is -2.31. The average Bonchev–Trinajstić information content (AvgIpc) is 2.79. The molecule has 0 bridgehead atoms. The lowest BCUT2D eigenvalue weighted by Gasteiger charge is -2.39. The Balaban J connectivity index is 4.07. The fourth-order valence-electron chi connectivity index (χ4n) is 4.79. The van der Waals surface area contributed by atoms with Crippen LogP contribution in [-0.2, 0) is 10.0 Å². The SMILES string of the molecule is CCCCCC(C)(CC)CC(C)(CC)CCCS(=O)(=O)NCCCNCCCCNCCCN. The van der Waals surface area contributed by atoms with E-state index in [0.717, 1.165) is 77.7 Å². The third-order valence-corrected chi connectivity index (χ3v) is 8.98. The topological polar surface area (TPSA) is 96.2 Å². The number of hydrogen-bond acceptors (Lipinski definition) is 5. The Kier molecular flexibility index (Phi) is 19.8. The highest BCUT2D eigenvalue weighted by Crippen LogP contribution is 2.44. The van der Waals surface area contributed by atoms with Crippen LogP contribution in [0.15, 0.2) is 0 Å². The molecular weight excluding hydrogens is 444 g/mol. The molecule has 7 heteroatoms. The van der Waals surface area contributed by atoms with Crippen LogP contribution in [0.5, 0.6) is 0 Å². The van der Waals surface area contributed by atoms with Crippen LogP contribution in [0.25, 0.3) is 0 Å². The summed E-state index contributed by atoms with van der Waals surface area (Å²) in [6.45, 7) is 16.8. The van der Waals surface area contributed by atoms with Crippen LogP contribution >= 0.6 is 0 Å². The summed E-state index contributed by atoms with van der Waals surface area (Å²) >= 11 is 0. The molecular formula is C27H60N4O2S. The number of nitrogens with one attached hydrogen (secondary N) is 3. The largest absolute Gasteiger partial charge is 0.330 e. The first-order valence-electron chi connectivity index (χ1n) is 14.2. The molecule has 0 aromatic rings. The molecule has 0 amide bonds. The second-order valence-electron chi connectivity index (χ2n) is 11.0. The molecule has 2 unspecified atom stereocenters. The molecule has 0 radical (unpaired) electrons. The molecule has 0 aromatic carbocycles. The van der Waals surface area contributed by atoms with Gasteiger partial charge in [0, 0.05) is 6.54 Å². The zero-order valence-corrected chi connectivity index (χ0v) is 24.3. The Bertz CT molecular complexity index is 573. The Labute approximate surface area is 213 Å². The summed E-state index contributed by atoms with van der Waals surface area (Å²) in [5, 5.41) is 6.79. The van der Waals surface area contributed by atoms with Crippen molar-refractivity contribution in [2.45, 2.75) is 118 Å². The van der Waals surface area contributed by atoms with Gasteiger partial charge in [-0.3, -0.25) is 0 Å². The van der Waals surface area contributed by atoms with Crippen molar-refractivity contribution < 1.29 is 8.42 Å². The van der Waals surface area contributed by atoms with Crippen molar-refractivity contribution in [2.75, 3.05) is 45.0 Å². The van der Waals surface area contributed by atoms with Crippen LogP contribution in [0.2, 0.25) is 0 Å². The van der Waals surface area contributed by atoms with Crippen LogP contribution in [-0.4, -0.2) is 53.4 Å². The van der Waals surface area contributed by atoms with Crippen molar-refractivity contribution in [1.29, 1.82) is 0 Å². The summed E-state index contributed by atoms with van der Waals surface area (Å²) in [5.41, 5.74) is 6.06. The van der Waals surface area contributed by atoms with Gasteiger partial charge in [0.2, 0.25) is 10.0 Å². The maximum absolute atomic E-state index is 12.5. The standard InChI is InChI=1S/C27H60N4O2S/c1-6-9-10-16-26(4,7-2)25-27(5,8-3)17-13-24-34(32,33)31-23-15-22-30-20-12-11-19-29-21-14-18-28/h29-31H,6-25,28H2,1-5H3. The molecule has 0 fully saturated rings. The van der Waals surface area contributed by atoms with E-state index in [2.05, 4.69) is 50.0 Å². The number of nitrogens with two attached hydrogens (primary N) is 1. The van der Waals surface area contributed by atoms with E-state index in [0.29, 0.717) is 12.0 Å². The molecule has 0 saturated heterocycles. The van der Waals surface area contributed by atoms with Crippen LogP contribution in [0.3, 0.4) is 0 Å². The van der Waals surface area contributed by atoms with Crippen molar-refractivity contribution in [2.24, 2.45) is 16.6 Å². The van der Waals surface area contributed by atoms with Gasteiger partial charge in [-0.1, -0.05) is 66.7 Å². The number of unbranched alkanes of at least 4 members (excludes halogenated alkanes) is 3. The van der Waals surface area contributed by atoms with E-state index in [1.54, 1.807) is 0 Å². The molecule has 0 spiro atoms. The van der Waals surface area contributed by atoms with Gasteiger partial charge in [0.1, 0.15) is 0 Å². The highest BCUT2D eigenvalue weighted by atomic mass is 32.2. The molecule has 206 valence electrons. The number of hydrogen-bond donors (Lipinski definition) is 4. The van der Waals surface area contributed by atoms with Crippen molar-refractivity contribution in [3.63, 3.8) is 0 Å². The predicted octanol–water partition coefficient (Wildman–Crippen LogP) is 5.19. The first-order valence-corrected chi connectivity index (χ1v) is 15.9. The van der Waals surface area contributed by atoms with Gasteiger partial charge >= 0.3 is 0 Å².